The van der Waals surface area contributed by atoms with Crippen molar-refractivity contribution >= 4 is 43.5 Å². The Bertz CT molecular complexity index is 2550. The summed E-state index contributed by atoms with van der Waals surface area (Å²) in [7, 11) is 0. The first-order valence-corrected chi connectivity index (χ1v) is 15.0. The minimum absolute atomic E-state index is 0.644. The van der Waals surface area contributed by atoms with Gasteiger partial charge in [-0.05, 0) is 63.0 Å². The monoisotopic (exact) mass is 575 g/mol. The van der Waals surface area contributed by atoms with Gasteiger partial charge in [-0.25, -0.2) is 15.0 Å². The van der Waals surface area contributed by atoms with Crippen LogP contribution in [0.25, 0.3) is 88.8 Å². The normalized spacial score (nSPS) is 11.6. The van der Waals surface area contributed by atoms with Crippen LogP contribution in [0.4, 0.5) is 0 Å². The highest BCUT2D eigenvalue weighted by Gasteiger charge is 2.17. The Morgan fingerprint density at radius 3 is 1.78 bits per heavy atom. The van der Waals surface area contributed by atoms with Gasteiger partial charge >= 0.3 is 0 Å². The van der Waals surface area contributed by atoms with Gasteiger partial charge in [0.2, 0.25) is 0 Å². The molecule has 0 unspecified atom stereocenters. The zero-order chi connectivity index (χ0) is 29.7. The van der Waals surface area contributed by atoms with Crippen LogP contribution in [-0.4, -0.2) is 15.0 Å². The molecule has 0 N–H and O–H groups in total. The van der Waals surface area contributed by atoms with Crippen molar-refractivity contribution in [2.24, 2.45) is 0 Å². The van der Waals surface area contributed by atoms with Gasteiger partial charge in [0.1, 0.15) is 11.2 Å². The molecule has 0 aliphatic carbocycles. The standard InChI is InChI=1S/C41H25N3O/c1-2-11-27(12-3-1)39-42-40(30-19-18-26-10-4-5-13-28(26)24-30)44-41(43-39)35-22-21-31(32-14-6-7-15-33(32)35)29-20-23-38-36(25-29)34-16-8-9-17-37(34)45-38/h1-25H. The van der Waals surface area contributed by atoms with Crippen LogP contribution in [0.5, 0.6) is 0 Å². The third kappa shape index (κ3) is 4.35. The molecule has 0 atom stereocenters. The van der Waals surface area contributed by atoms with E-state index >= 15 is 0 Å². The van der Waals surface area contributed by atoms with Crippen LogP contribution in [0.2, 0.25) is 0 Å². The molecule has 9 rings (SSSR count). The van der Waals surface area contributed by atoms with Crippen LogP contribution in [-0.2, 0) is 0 Å². The first kappa shape index (κ1) is 25.4. The summed E-state index contributed by atoms with van der Waals surface area (Å²) in [5.41, 5.74) is 6.94. The second-order valence-corrected chi connectivity index (χ2v) is 11.2. The third-order valence-electron chi connectivity index (χ3n) is 8.53. The van der Waals surface area contributed by atoms with Crippen molar-refractivity contribution < 1.29 is 4.42 Å². The van der Waals surface area contributed by atoms with Gasteiger partial charge in [-0.2, -0.15) is 0 Å². The van der Waals surface area contributed by atoms with E-state index in [-0.39, 0.29) is 0 Å². The highest BCUT2D eigenvalue weighted by atomic mass is 16.3. The Hall–Kier alpha value is -6.13. The number of para-hydroxylation sites is 1. The van der Waals surface area contributed by atoms with E-state index in [1.807, 2.05) is 42.5 Å². The average molecular weight is 576 g/mol. The lowest BCUT2D eigenvalue weighted by Gasteiger charge is -2.13. The summed E-state index contributed by atoms with van der Waals surface area (Å²) in [5, 5.41) is 6.78. The number of fused-ring (bicyclic) bond motifs is 5. The summed E-state index contributed by atoms with van der Waals surface area (Å²) < 4.78 is 6.10. The number of hydrogen-bond acceptors (Lipinski definition) is 4. The van der Waals surface area contributed by atoms with E-state index in [0.717, 1.165) is 65.9 Å². The Balaban J connectivity index is 1.24. The largest absolute Gasteiger partial charge is 0.456 e. The number of rotatable bonds is 4. The first-order chi connectivity index (χ1) is 22.3. The van der Waals surface area contributed by atoms with Crippen molar-refractivity contribution in [3.63, 3.8) is 0 Å². The van der Waals surface area contributed by atoms with E-state index in [2.05, 4.69) is 109 Å². The zero-order valence-corrected chi connectivity index (χ0v) is 24.2. The van der Waals surface area contributed by atoms with Crippen LogP contribution in [0, 0.1) is 0 Å². The fourth-order valence-corrected chi connectivity index (χ4v) is 6.31. The molecule has 0 bridgehead atoms. The van der Waals surface area contributed by atoms with Gasteiger partial charge in [0.05, 0.1) is 0 Å². The van der Waals surface area contributed by atoms with E-state index in [4.69, 9.17) is 19.4 Å². The molecule has 0 saturated heterocycles. The molecule has 2 heterocycles. The van der Waals surface area contributed by atoms with E-state index in [9.17, 15) is 0 Å². The Morgan fingerprint density at radius 2 is 0.933 bits per heavy atom. The molecule has 0 fully saturated rings. The van der Waals surface area contributed by atoms with Gasteiger partial charge in [-0.1, -0.05) is 121 Å². The van der Waals surface area contributed by atoms with Crippen LogP contribution in [0.3, 0.4) is 0 Å². The van der Waals surface area contributed by atoms with Crippen molar-refractivity contribution in [3.8, 4) is 45.3 Å². The molecule has 9 aromatic rings. The SMILES string of the molecule is c1ccc(-c2nc(-c3ccc4ccccc4c3)nc(-c3ccc(-c4ccc5oc6ccccc6c5c4)c4ccccc34)n2)cc1. The molecule has 4 nitrogen and oxygen atoms in total. The summed E-state index contributed by atoms with van der Waals surface area (Å²) in [6.45, 7) is 0. The number of furan rings is 1. The predicted octanol–water partition coefficient (Wildman–Crippen LogP) is 10.7. The number of benzene rings is 7. The van der Waals surface area contributed by atoms with Crippen molar-refractivity contribution in [3.05, 3.63) is 152 Å². The summed E-state index contributed by atoms with van der Waals surface area (Å²) >= 11 is 0. The third-order valence-corrected chi connectivity index (χ3v) is 8.53. The maximum Gasteiger partial charge on any atom is 0.164 e. The predicted molar refractivity (Wildman–Crippen MR) is 184 cm³/mol. The fraction of sp³-hybridized carbons (Fsp3) is 0. The van der Waals surface area contributed by atoms with Crippen molar-refractivity contribution in [1.29, 1.82) is 0 Å². The molecule has 0 radical (unpaired) electrons. The van der Waals surface area contributed by atoms with E-state index in [1.165, 1.54) is 5.39 Å². The van der Waals surface area contributed by atoms with Gasteiger partial charge in [0, 0.05) is 27.5 Å². The maximum absolute atomic E-state index is 6.10. The van der Waals surface area contributed by atoms with Gasteiger partial charge < -0.3 is 4.42 Å². The number of nitrogens with zero attached hydrogens (tertiary/aromatic N) is 3. The molecule has 0 saturated carbocycles. The molecule has 7 aromatic carbocycles. The lowest BCUT2D eigenvalue weighted by Crippen LogP contribution is -2.00. The van der Waals surface area contributed by atoms with Gasteiger partial charge in [-0.3, -0.25) is 0 Å². The summed E-state index contributed by atoms with van der Waals surface area (Å²) in [6.07, 6.45) is 0. The topological polar surface area (TPSA) is 51.8 Å². The lowest BCUT2D eigenvalue weighted by molar-refractivity contribution is 0.669. The Morgan fingerprint density at radius 1 is 0.333 bits per heavy atom. The van der Waals surface area contributed by atoms with Crippen LogP contribution >= 0.6 is 0 Å². The molecule has 4 heteroatoms. The minimum atomic E-state index is 0.644. The van der Waals surface area contributed by atoms with E-state index in [1.54, 1.807) is 0 Å². The molecule has 0 spiro atoms. The molecule has 45 heavy (non-hydrogen) atoms. The van der Waals surface area contributed by atoms with Crippen LogP contribution in [0.15, 0.2) is 156 Å². The minimum Gasteiger partial charge on any atom is -0.456 e. The van der Waals surface area contributed by atoms with Gasteiger partial charge in [-0.15, -0.1) is 0 Å². The van der Waals surface area contributed by atoms with Gasteiger partial charge in [0.15, 0.2) is 17.5 Å². The highest BCUT2D eigenvalue weighted by Crippen LogP contribution is 2.38. The summed E-state index contributed by atoms with van der Waals surface area (Å²) in [5.74, 6) is 1.94. The van der Waals surface area contributed by atoms with E-state index in [0.29, 0.717) is 17.5 Å². The first-order valence-electron chi connectivity index (χ1n) is 15.0. The number of aromatic nitrogens is 3. The molecular weight excluding hydrogens is 550 g/mol. The molecule has 0 aliphatic heterocycles. The zero-order valence-electron chi connectivity index (χ0n) is 24.2. The molecule has 0 amide bonds. The second-order valence-electron chi connectivity index (χ2n) is 11.2. The number of hydrogen-bond donors (Lipinski definition) is 0. The van der Waals surface area contributed by atoms with Crippen molar-refractivity contribution in [1.82, 2.24) is 15.0 Å². The van der Waals surface area contributed by atoms with Crippen LogP contribution < -0.4 is 0 Å². The van der Waals surface area contributed by atoms with Crippen molar-refractivity contribution in [2.45, 2.75) is 0 Å². The van der Waals surface area contributed by atoms with E-state index < -0.39 is 0 Å². The molecule has 2 aromatic heterocycles. The lowest BCUT2D eigenvalue weighted by atomic mass is 9.94. The van der Waals surface area contributed by atoms with Gasteiger partial charge in [0.25, 0.3) is 0 Å². The fourth-order valence-electron chi connectivity index (χ4n) is 6.31. The average Bonchev–Trinajstić information content (AvgIpc) is 3.49. The molecular formula is C41H25N3O. The quantitative estimate of drug-likeness (QED) is 0.209. The van der Waals surface area contributed by atoms with Crippen LogP contribution in [0.1, 0.15) is 0 Å². The maximum atomic E-state index is 6.10. The smallest absolute Gasteiger partial charge is 0.164 e. The highest BCUT2D eigenvalue weighted by molar-refractivity contribution is 6.09. The Kier molecular flexibility index (Phi) is 5.78. The summed E-state index contributed by atoms with van der Waals surface area (Å²) in [4.78, 5) is 15.1. The summed E-state index contributed by atoms with van der Waals surface area (Å²) in [6, 6.07) is 52.3. The molecule has 210 valence electrons. The van der Waals surface area contributed by atoms with Crippen molar-refractivity contribution in [2.75, 3.05) is 0 Å². The molecule has 0 aliphatic rings. The Labute approximate surface area is 259 Å². The second kappa shape index (κ2) is 10.2.